The smallest absolute Gasteiger partial charge is 0.462 e. The van der Waals surface area contributed by atoms with Gasteiger partial charge >= 0.3 is 25.7 Å². The van der Waals surface area contributed by atoms with E-state index < -0.39 is 57.8 Å². The molecule has 0 bridgehead atoms. The second-order valence-electron chi connectivity index (χ2n) is 19.4. The second kappa shape index (κ2) is 57.3. The van der Waals surface area contributed by atoms with E-state index in [0.29, 0.717) is 19.3 Å². The van der Waals surface area contributed by atoms with Crippen molar-refractivity contribution in [3.8, 4) is 0 Å². The van der Waals surface area contributed by atoms with Crippen LogP contribution >= 0.6 is 7.82 Å². The molecule has 12 heteroatoms. The quantitative estimate of drug-likeness (QED) is 0.0197. The van der Waals surface area contributed by atoms with Crippen molar-refractivity contribution in [3.63, 3.8) is 0 Å². The minimum absolute atomic E-state index is 0.145. The molecule has 0 fully saturated rings. The molecule has 3 unspecified atom stereocenters. The molecule has 0 aliphatic rings. The van der Waals surface area contributed by atoms with Crippen LogP contribution in [0.4, 0.5) is 0 Å². The predicted molar refractivity (Wildman–Crippen MR) is 316 cm³/mol. The van der Waals surface area contributed by atoms with Gasteiger partial charge in [-0.15, -0.1) is 0 Å². The molecular weight excluding hydrogens is 976 g/mol. The number of hydrogen-bond donors (Lipinski definition) is 2. The van der Waals surface area contributed by atoms with Gasteiger partial charge in [0.15, 0.2) is 6.10 Å². The van der Waals surface area contributed by atoms with Crippen molar-refractivity contribution in [2.75, 3.05) is 26.4 Å². The van der Waals surface area contributed by atoms with Crippen molar-refractivity contribution in [2.24, 2.45) is 0 Å². The van der Waals surface area contributed by atoms with E-state index in [1.54, 1.807) is 0 Å². The molecule has 0 aromatic carbocycles. The summed E-state index contributed by atoms with van der Waals surface area (Å²) in [4.78, 5) is 48.6. The van der Waals surface area contributed by atoms with Crippen molar-refractivity contribution in [2.45, 2.75) is 251 Å². The zero-order valence-corrected chi connectivity index (χ0v) is 48.8. The Kier molecular flexibility index (Phi) is 54.4. The van der Waals surface area contributed by atoms with E-state index in [1.165, 1.54) is 38.5 Å². The number of allylic oxidation sites excluding steroid dienone is 18. The number of phosphoric acid groups is 1. The van der Waals surface area contributed by atoms with Gasteiger partial charge in [0.25, 0.3) is 0 Å². The highest BCUT2D eigenvalue weighted by Gasteiger charge is 2.28. The van der Waals surface area contributed by atoms with Crippen molar-refractivity contribution in [1.82, 2.24) is 0 Å². The molecule has 0 aromatic rings. The van der Waals surface area contributed by atoms with E-state index >= 15 is 0 Å². The number of aliphatic hydroxyl groups excluding tert-OH is 1. The van der Waals surface area contributed by atoms with Crippen LogP contribution < -0.4 is 0 Å². The predicted octanol–water partition coefficient (Wildman–Crippen LogP) is 17.8. The van der Waals surface area contributed by atoms with Gasteiger partial charge in [0, 0.05) is 19.3 Å². The lowest BCUT2D eigenvalue weighted by molar-refractivity contribution is -0.161. The zero-order valence-electron chi connectivity index (χ0n) is 47.9. The maximum atomic E-state index is 12.9. The fourth-order valence-corrected chi connectivity index (χ4v) is 8.41. The number of ether oxygens (including phenoxy) is 3. The van der Waals surface area contributed by atoms with Crippen molar-refractivity contribution in [1.29, 1.82) is 0 Å². The minimum Gasteiger partial charge on any atom is -0.462 e. The zero-order chi connectivity index (χ0) is 55.5. The van der Waals surface area contributed by atoms with Gasteiger partial charge in [0.1, 0.15) is 12.7 Å². The van der Waals surface area contributed by atoms with Crippen LogP contribution in [0.25, 0.3) is 0 Å². The molecule has 0 heterocycles. The molecule has 76 heavy (non-hydrogen) atoms. The average molecular weight is 1080 g/mol. The Hall–Kier alpha value is -3.86. The first-order chi connectivity index (χ1) is 37.2. The number of carbonyl (C=O) groups excluding carboxylic acids is 3. The lowest BCUT2D eigenvalue weighted by Gasteiger charge is -2.21. The van der Waals surface area contributed by atoms with Gasteiger partial charge in [0.05, 0.1) is 19.8 Å². The fourth-order valence-electron chi connectivity index (χ4n) is 7.63. The Balaban J connectivity index is 4.82. The number of esters is 3. The molecular formula is C64H107O11P. The standard InChI is InChI=1S/C64H107O11P/c1-4-7-10-13-16-19-22-25-27-29-30-32-33-36-38-41-44-47-50-53-62(66)71-57-61(75-64(68)55-52-49-46-43-40-37-34-31-28-26-23-20-17-14-11-8-5-2)59-73-76(69,70)72-58-60(56-65)74-63(67)54-51-48-45-42-39-35-24-21-18-15-12-9-6-3/h7,10,12,15-17,19-21,24-28,30,32,36,38,60-61,65H,4-6,8-9,11,13-14,18,22-23,29,31,33-35,37,39-59H2,1-3H3,(H,69,70)/b10-7-,15-12-,19-16-,20-17-,24-21-,27-25-,28-26-,32-30-,38-36-. The lowest BCUT2D eigenvalue weighted by Crippen LogP contribution is -2.30. The Bertz CT molecular complexity index is 1690. The molecule has 3 atom stereocenters. The minimum atomic E-state index is -4.77. The van der Waals surface area contributed by atoms with E-state index in [2.05, 4.69) is 130 Å². The summed E-state index contributed by atoms with van der Waals surface area (Å²) in [6.45, 7) is 4.38. The maximum absolute atomic E-state index is 12.9. The third-order valence-corrected chi connectivity index (χ3v) is 13.1. The Labute approximate surface area is 463 Å². The average Bonchev–Trinajstić information content (AvgIpc) is 3.41. The summed E-state index contributed by atoms with van der Waals surface area (Å²) in [5.74, 6) is -1.53. The number of unbranched alkanes of at least 4 members (excludes halogenated alkanes) is 19. The number of aliphatic hydroxyl groups is 1. The molecule has 0 spiro atoms. The van der Waals surface area contributed by atoms with Gasteiger partial charge < -0.3 is 24.2 Å². The molecule has 0 rings (SSSR count). The monoisotopic (exact) mass is 1080 g/mol. The first kappa shape index (κ1) is 72.1. The number of rotatable bonds is 54. The number of carbonyl (C=O) groups is 3. The number of hydrogen-bond acceptors (Lipinski definition) is 10. The molecule has 11 nitrogen and oxygen atoms in total. The van der Waals surface area contributed by atoms with Crippen molar-refractivity contribution in [3.05, 3.63) is 109 Å². The van der Waals surface area contributed by atoms with Crippen LogP contribution in [-0.2, 0) is 42.2 Å². The van der Waals surface area contributed by atoms with E-state index in [0.717, 1.165) is 141 Å². The van der Waals surface area contributed by atoms with E-state index in [9.17, 15) is 28.9 Å². The highest BCUT2D eigenvalue weighted by molar-refractivity contribution is 7.47. The maximum Gasteiger partial charge on any atom is 0.472 e. The SMILES string of the molecule is CC/C=C\C/C=C\C/C=C\C/C=C\C/C=C\CCCCCC(=O)OCC(COP(=O)(O)OCC(CO)OC(=O)CCCCCCC/C=C\C/C=C\CCC)OC(=O)CCCCCCCCC/C=C\C/C=C\CCCCC. The summed E-state index contributed by atoms with van der Waals surface area (Å²) in [6, 6.07) is 0. The van der Waals surface area contributed by atoms with Crippen LogP contribution in [-0.4, -0.2) is 66.5 Å². The number of phosphoric ester groups is 1. The van der Waals surface area contributed by atoms with Crippen LogP contribution in [0.2, 0.25) is 0 Å². The summed E-state index contributed by atoms with van der Waals surface area (Å²) in [6.07, 6.45) is 69.0. The Morgan fingerprint density at radius 2 is 0.711 bits per heavy atom. The van der Waals surface area contributed by atoms with Gasteiger partial charge in [0.2, 0.25) is 0 Å². The molecule has 0 saturated heterocycles. The third-order valence-electron chi connectivity index (χ3n) is 12.1. The largest absolute Gasteiger partial charge is 0.472 e. The highest BCUT2D eigenvalue weighted by Crippen LogP contribution is 2.43. The molecule has 0 amide bonds. The molecule has 0 aliphatic carbocycles. The fraction of sp³-hybridized carbons (Fsp3) is 0.672. The summed E-state index contributed by atoms with van der Waals surface area (Å²) in [5, 5.41) is 9.81. The molecule has 434 valence electrons. The molecule has 0 saturated carbocycles. The van der Waals surface area contributed by atoms with Crippen LogP contribution in [0, 0.1) is 0 Å². The van der Waals surface area contributed by atoms with Crippen molar-refractivity contribution >= 4 is 25.7 Å². The van der Waals surface area contributed by atoms with Crippen LogP contribution in [0.15, 0.2) is 109 Å². The topological polar surface area (TPSA) is 155 Å². The van der Waals surface area contributed by atoms with Gasteiger partial charge in [-0.25, -0.2) is 4.57 Å². The Morgan fingerprint density at radius 3 is 1.12 bits per heavy atom. The van der Waals surface area contributed by atoms with Crippen LogP contribution in [0.1, 0.15) is 239 Å². The second-order valence-corrected chi connectivity index (χ2v) is 20.9. The van der Waals surface area contributed by atoms with Crippen molar-refractivity contribution < 1.29 is 52.2 Å². The highest BCUT2D eigenvalue weighted by atomic mass is 31.2. The lowest BCUT2D eigenvalue weighted by atomic mass is 10.1. The van der Waals surface area contributed by atoms with Crippen LogP contribution in [0.3, 0.4) is 0 Å². The van der Waals surface area contributed by atoms with Gasteiger partial charge in [-0.3, -0.25) is 23.4 Å². The van der Waals surface area contributed by atoms with Gasteiger partial charge in [-0.2, -0.15) is 0 Å². The third kappa shape index (κ3) is 54.9. The van der Waals surface area contributed by atoms with E-state index in [4.69, 9.17) is 23.3 Å². The summed E-state index contributed by atoms with van der Waals surface area (Å²) in [7, 11) is -4.77. The Morgan fingerprint density at radius 1 is 0.382 bits per heavy atom. The van der Waals surface area contributed by atoms with Gasteiger partial charge in [-0.1, -0.05) is 207 Å². The molecule has 2 N–H and O–H groups in total. The molecule has 0 aromatic heterocycles. The molecule has 0 aliphatic heterocycles. The van der Waals surface area contributed by atoms with Gasteiger partial charge in [-0.05, 0) is 122 Å². The van der Waals surface area contributed by atoms with Crippen LogP contribution in [0.5, 0.6) is 0 Å². The van der Waals surface area contributed by atoms with E-state index in [-0.39, 0.29) is 25.9 Å². The first-order valence-corrected chi connectivity index (χ1v) is 31.3. The van der Waals surface area contributed by atoms with E-state index in [1.807, 2.05) is 0 Å². The summed E-state index contributed by atoms with van der Waals surface area (Å²) in [5.41, 5.74) is 0. The normalized spacial score (nSPS) is 14.1. The summed E-state index contributed by atoms with van der Waals surface area (Å²) < 4.78 is 39.5. The summed E-state index contributed by atoms with van der Waals surface area (Å²) >= 11 is 0. The first-order valence-electron chi connectivity index (χ1n) is 29.8. The molecule has 0 radical (unpaired) electrons.